The summed E-state index contributed by atoms with van der Waals surface area (Å²) in [6.07, 6.45) is 1.98. The Bertz CT molecular complexity index is 481. The molecule has 2 rings (SSSR count). The average Bonchev–Trinajstić information content (AvgIpc) is 2.45. The van der Waals surface area contributed by atoms with Gasteiger partial charge in [0, 0.05) is 13.1 Å². The quantitative estimate of drug-likeness (QED) is 0.785. The molecule has 0 aromatic heterocycles. The standard InChI is InChI=1S/C16H24N2O2S/c1-12-5-4-8-18(9-12)10-13(19)11-20-15-7-3-2-6-14(15)16(17)21/h2-3,6-7,12-13,19H,4-5,8-11H2,1H3,(H2,17,21). The number of thiocarbonyl (C=S) groups is 1. The van der Waals surface area contributed by atoms with Crippen LogP contribution in [0.5, 0.6) is 5.75 Å². The lowest BCUT2D eigenvalue weighted by molar-refractivity contribution is 0.0537. The fourth-order valence-corrected chi connectivity index (χ4v) is 2.95. The normalized spacial score (nSPS) is 21.0. The van der Waals surface area contributed by atoms with Crippen molar-refractivity contribution < 1.29 is 9.84 Å². The van der Waals surface area contributed by atoms with Gasteiger partial charge in [0.25, 0.3) is 0 Å². The lowest BCUT2D eigenvalue weighted by atomic mass is 10.0. The fraction of sp³-hybridized carbons (Fsp3) is 0.562. The maximum absolute atomic E-state index is 10.1. The number of likely N-dealkylation sites (tertiary alicyclic amines) is 1. The van der Waals surface area contributed by atoms with Gasteiger partial charge in [0.05, 0.1) is 5.56 Å². The second-order valence-corrected chi connectivity index (χ2v) is 6.27. The number of β-amino-alcohol motifs (C(OH)–C–C–N with tert-alkyl or cyclic N) is 1. The third kappa shape index (κ3) is 4.95. The van der Waals surface area contributed by atoms with E-state index in [1.165, 1.54) is 12.8 Å². The number of rotatable bonds is 6. The zero-order chi connectivity index (χ0) is 15.2. The zero-order valence-corrected chi connectivity index (χ0v) is 13.3. The zero-order valence-electron chi connectivity index (χ0n) is 12.5. The van der Waals surface area contributed by atoms with E-state index in [0.29, 0.717) is 28.8 Å². The molecule has 4 nitrogen and oxygen atoms in total. The molecule has 2 atom stereocenters. The van der Waals surface area contributed by atoms with Crippen molar-refractivity contribution in [2.45, 2.75) is 25.9 Å². The van der Waals surface area contributed by atoms with Crippen molar-refractivity contribution in [1.82, 2.24) is 4.90 Å². The minimum absolute atomic E-state index is 0.254. The number of nitrogens with zero attached hydrogens (tertiary/aromatic N) is 1. The molecule has 1 aliphatic heterocycles. The number of para-hydroxylation sites is 1. The molecular weight excluding hydrogens is 284 g/mol. The van der Waals surface area contributed by atoms with Crippen molar-refractivity contribution in [3.8, 4) is 5.75 Å². The predicted molar refractivity (Wildman–Crippen MR) is 88.7 cm³/mol. The minimum atomic E-state index is -0.505. The van der Waals surface area contributed by atoms with E-state index in [0.717, 1.165) is 13.1 Å². The van der Waals surface area contributed by atoms with Gasteiger partial charge in [-0.3, -0.25) is 0 Å². The highest BCUT2D eigenvalue weighted by Crippen LogP contribution is 2.19. The largest absolute Gasteiger partial charge is 0.490 e. The Morgan fingerprint density at radius 3 is 3.00 bits per heavy atom. The molecule has 0 aliphatic carbocycles. The first-order valence-electron chi connectivity index (χ1n) is 7.48. The first-order chi connectivity index (χ1) is 10.1. The topological polar surface area (TPSA) is 58.7 Å². The molecule has 0 radical (unpaired) electrons. The minimum Gasteiger partial charge on any atom is -0.490 e. The second kappa shape index (κ2) is 7.73. The molecule has 21 heavy (non-hydrogen) atoms. The van der Waals surface area contributed by atoms with Gasteiger partial charge in [-0.15, -0.1) is 0 Å². The third-order valence-electron chi connectivity index (χ3n) is 3.79. The first kappa shape index (κ1) is 16.2. The van der Waals surface area contributed by atoms with Gasteiger partial charge in [0.15, 0.2) is 0 Å². The van der Waals surface area contributed by atoms with E-state index in [1.54, 1.807) is 0 Å². The predicted octanol–water partition coefficient (Wildman–Crippen LogP) is 1.79. The molecule has 0 amide bonds. The Morgan fingerprint density at radius 2 is 2.29 bits per heavy atom. The molecule has 0 spiro atoms. The van der Waals surface area contributed by atoms with Crippen molar-refractivity contribution in [2.75, 3.05) is 26.2 Å². The molecule has 1 aromatic rings. The number of piperidine rings is 1. The number of benzene rings is 1. The summed E-state index contributed by atoms with van der Waals surface area (Å²) < 4.78 is 5.68. The van der Waals surface area contributed by atoms with Gasteiger partial charge in [-0.25, -0.2) is 0 Å². The summed E-state index contributed by atoms with van der Waals surface area (Å²) in [6.45, 7) is 5.28. The Labute approximate surface area is 131 Å². The van der Waals surface area contributed by atoms with Crippen molar-refractivity contribution in [1.29, 1.82) is 0 Å². The SMILES string of the molecule is CC1CCCN(CC(O)COc2ccccc2C(N)=S)C1. The lowest BCUT2D eigenvalue weighted by Crippen LogP contribution is -2.41. The maximum Gasteiger partial charge on any atom is 0.129 e. The van der Waals surface area contributed by atoms with E-state index in [4.69, 9.17) is 22.7 Å². The number of aliphatic hydroxyl groups is 1. The highest BCUT2D eigenvalue weighted by molar-refractivity contribution is 7.80. The Kier molecular flexibility index (Phi) is 5.96. The Balaban J connectivity index is 1.84. The summed E-state index contributed by atoms with van der Waals surface area (Å²) in [5.41, 5.74) is 6.38. The lowest BCUT2D eigenvalue weighted by Gasteiger charge is -2.32. The second-order valence-electron chi connectivity index (χ2n) is 5.83. The number of ether oxygens (including phenoxy) is 1. The Morgan fingerprint density at radius 1 is 1.52 bits per heavy atom. The summed E-state index contributed by atoms with van der Waals surface area (Å²) in [5, 5.41) is 10.1. The summed E-state index contributed by atoms with van der Waals surface area (Å²) in [5.74, 6) is 1.35. The molecule has 116 valence electrons. The van der Waals surface area contributed by atoms with E-state index in [-0.39, 0.29) is 6.61 Å². The van der Waals surface area contributed by atoms with Gasteiger partial charge in [0.1, 0.15) is 23.4 Å². The van der Waals surface area contributed by atoms with Crippen molar-refractivity contribution in [2.24, 2.45) is 11.7 Å². The monoisotopic (exact) mass is 308 g/mol. The van der Waals surface area contributed by atoms with Crippen LogP contribution in [0, 0.1) is 5.92 Å². The Hall–Kier alpha value is -1.17. The summed E-state index contributed by atoms with van der Waals surface area (Å²) in [7, 11) is 0. The summed E-state index contributed by atoms with van der Waals surface area (Å²) in [4.78, 5) is 2.62. The molecule has 2 unspecified atom stereocenters. The number of hydrogen-bond donors (Lipinski definition) is 2. The number of hydrogen-bond acceptors (Lipinski definition) is 4. The van der Waals surface area contributed by atoms with Crippen LogP contribution >= 0.6 is 12.2 Å². The molecule has 1 fully saturated rings. The average molecular weight is 308 g/mol. The maximum atomic E-state index is 10.1. The molecule has 5 heteroatoms. The summed E-state index contributed by atoms with van der Waals surface area (Å²) in [6, 6.07) is 7.39. The third-order valence-corrected chi connectivity index (χ3v) is 4.01. The van der Waals surface area contributed by atoms with Crippen LogP contribution in [0.2, 0.25) is 0 Å². The molecule has 1 aromatic carbocycles. The van der Waals surface area contributed by atoms with Crippen molar-refractivity contribution in [3.63, 3.8) is 0 Å². The number of aliphatic hydroxyl groups excluding tert-OH is 1. The molecule has 1 saturated heterocycles. The van der Waals surface area contributed by atoms with Crippen LogP contribution in [0.15, 0.2) is 24.3 Å². The van der Waals surface area contributed by atoms with Crippen LogP contribution in [0.3, 0.4) is 0 Å². The molecule has 1 heterocycles. The van der Waals surface area contributed by atoms with Gasteiger partial charge in [-0.1, -0.05) is 31.3 Å². The van der Waals surface area contributed by atoms with E-state index in [2.05, 4.69) is 11.8 Å². The smallest absolute Gasteiger partial charge is 0.129 e. The van der Waals surface area contributed by atoms with Gasteiger partial charge >= 0.3 is 0 Å². The van der Waals surface area contributed by atoms with E-state index < -0.39 is 6.10 Å². The van der Waals surface area contributed by atoms with Crippen LogP contribution in [0.25, 0.3) is 0 Å². The van der Waals surface area contributed by atoms with Crippen LogP contribution in [-0.2, 0) is 0 Å². The molecule has 3 N–H and O–H groups in total. The van der Waals surface area contributed by atoms with Crippen LogP contribution in [0.1, 0.15) is 25.3 Å². The fourth-order valence-electron chi connectivity index (χ4n) is 2.79. The van der Waals surface area contributed by atoms with E-state index >= 15 is 0 Å². The van der Waals surface area contributed by atoms with Crippen molar-refractivity contribution in [3.05, 3.63) is 29.8 Å². The van der Waals surface area contributed by atoms with Crippen molar-refractivity contribution >= 4 is 17.2 Å². The molecule has 1 aliphatic rings. The van der Waals surface area contributed by atoms with E-state index in [9.17, 15) is 5.11 Å². The van der Waals surface area contributed by atoms with Crippen LogP contribution in [0.4, 0.5) is 0 Å². The first-order valence-corrected chi connectivity index (χ1v) is 7.89. The highest BCUT2D eigenvalue weighted by Gasteiger charge is 2.19. The van der Waals surface area contributed by atoms with Gasteiger partial charge in [-0.05, 0) is 37.4 Å². The van der Waals surface area contributed by atoms with Gasteiger partial charge in [-0.2, -0.15) is 0 Å². The molecule has 0 bridgehead atoms. The number of nitrogens with two attached hydrogens (primary N) is 1. The highest BCUT2D eigenvalue weighted by atomic mass is 32.1. The summed E-state index contributed by atoms with van der Waals surface area (Å²) >= 11 is 5.00. The van der Waals surface area contributed by atoms with Crippen LogP contribution < -0.4 is 10.5 Å². The van der Waals surface area contributed by atoms with Crippen LogP contribution in [-0.4, -0.2) is 47.3 Å². The van der Waals surface area contributed by atoms with Gasteiger partial charge < -0.3 is 20.5 Å². The molecular formula is C16H24N2O2S. The van der Waals surface area contributed by atoms with E-state index in [1.807, 2.05) is 24.3 Å². The molecule has 0 saturated carbocycles. The van der Waals surface area contributed by atoms with Gasteiger partial charge in [0.2, 0.25) is 0 Å².